The number of fused-ring (bicyclic) bond motifs is 4. The molecule has 0 saturated carbocycles. The lowest BCUT2D eigenvalue weighted by molar-refractivity contribution is -0.110. The molecule has 2 aliphatic heterocycles. The molecule has 4 aliphatic rings. The summed E-state index contributed by atoms with van der Waals surface area (Å²) >= 11 is 0. The summed E-state index contributed by atoms with van der Waals surface area (Å²) in [6.07, 6.45) is 16.7. The van der Waals surface area contributed by atoms with Gasteiger partial charge in [-0.05, 0) is 149 Å². The Labute approximate surface area is 442 Å². The summed E-state index contributed by atoms with van der Waals surface area (Å²) in [5.41, 5.74) is 21.9. The van der Waals surface area contributed by atoms with Crippen LogP contribution in [0.25, 0.3) is 16.6 Å². The van der Waals surface area contributed by atoms with Gasteiger partial charge >= 0.3 is 0 Å². The van der Waals surface area contributed by atoms with Crippen LogP contribution in [0, 0.1) is 12.8 Å². The number of aryl methyl sites for hydroxylation is 1. The molecule has 0 radical (unpaired) electrons. The van der Waals surface area contributed by atoms with Gasteiger partial charge in [-0.2, -0.15) is 0 Å². The van der Waals surface area contributed by atoms with Crippen LogP contribution in [0.15, 0.2) is 139 Å². The highest BCUT2D eigenvalue weighted by Crippen LogP contribution is 2.52. The Hall–Kier alpha value is -5.59. The number of benzene rings is 2. The number of hydrogen-bond donors (Lipinski definition) is 3. The number of rotatable bonds is 28. The van der Waals surface area contributed by atoms with E-state index in [0.29, 0.717) is 24.9 Å². The summed E-state index contributed by atoms with van der Waals surface area (Å²) in [6.45, 7) is 47.3. The average molecular weight is 1000 g/mol. The van der Waals surface area contributed by atoms with Gasteiger partial charge in [0, 0.05) is 65.1 Å². The van der Waals surface area contributed by atoms with Gasteiger partial charge in [0.25, 0.3) is 0 Å². The molecule has 4 atom stereocenters. The van der Waals surface area contributed by atoms with Crippen molar-refractivity contribution in [1.29, 1.82) is 0 Å². The van der Waals surface area contributed by atoms with Gasteiger partial charge in [-0.25, -0.2) is 4.98 Å². The van der Waals surface area contributed by atoms with Gasteiger partial charge in [0.05, 0.1) is 55.2 Å². The van der Waals surface area contributed by atoms with Gasteiger partial charge in [0.2, 0.25) is 0 Å². The molecule has 73 heavy (non-hydrogen) atoms. The molecular weight excluding hydrogens is 914 g/mol. The van der Waals surface area contributed by atoms with Gasteiger partial charge in [-0.15, -0.1) is 0 Å². The quantitative estimate of drug-likeness (QED) is 0.0377. The van der Waals surface area contributed by atoms with Gasteiger partial charge in [-0.1, -0.05) is 129 Å². The SMILES string of the molecule is C=C(CN(C)C(=C)CCCCCC)NCC(=C)N(C)C(Cc1ccccc1)C(=C)NCC(=O)P(C)CCCC(=C)NC1CCc2c(C)c(C(C)C)cc3nc4c(c1c23)CN1C(=C)C2=C(C=C41)C(CC)C(=C)CC2. The molecule has 1 aromatic heterocycles. The highest BCUT2D eigenvalue weighted by Gasteiger charge is 2.40. The predicted molar refractivity (Wildman–Crippen MR) is 313 cm³/mol. The topological polar surface area (TPSA) is 75.8 Å². The van der Waals surface area contributed by atoms with Crippen LogP contribution in [-0.4, -0.2) is 77.8 Å². The third kappa shape index (κ3) is 12.5. The Kier molecular flexibility index (Phi) is 18.6. The summed E-state index contributed by atoms with van der Waals surface area (Å²) in [6, 6.07) is 12.8. The maximum Gasteiger partial charge on any atom is 0.172 e. The summed E-state index contributed by atoms with van der Waals surface area (Å²) in [5, 5.41) is 12.3. The number of hydrogen-bond acceptors (Lipinski definition) is 8. The normalized spacial score (nSPS) is 17.6. The molecule has 3 N–H and O–H groups in total. The lowest BCUT2D eigenvalue weighted by Crippen LogP contribution is -2.42. The van der Waals surface area contributed by atoms with Crippen LogP contribution in [0.5, 0.6) is 0 Å². The third-order valence-electron chi connectivity index (χ3n) is 16.4. The number of unbranched alkanes of at least 4 members (excludes halogenated alkanes) is 3. The number of allylic oxidation sites excluding steroid dienone is 6. The Morgan fingerprint density at radius 1 is 0.904 bits per heavy atom. The Bertz CT molecular complexity index is 2710. The van der Waals surface area contributed by atoms with Crippen molar-refractivity contribution in [1.82, 2.24) is 35.6 Å². The number of pyridine rings is 1. The fourth-order valence-corrected chi connectivity index (χ4v) is 13.0. The van der Waals surface area contributed by atoms with Crippen LogP contribution in [-0.2, 0) is 24.2 Å². The molecule has 2 aromatic carbocycles. The number of nitrogens with zero attached hydrogens (tertiary/aromatic N) is 4. The number of nitrogens with one attached hydrogen (secondary N) is 3. The minimum Gasteiger partial charge on any atom is -0.382 e. The van der Waals surface area contributed by atoms with Crippen molar-refractivity contribution in [2.24, 2.45) is 5.92 Å². The van der Waals surface area contributed by atoms with E-state index in [4.69, 9.17) is 11.6 Å². The molecule has 0 spiro atoms. The first-order valence-electron chi connectivity index (χ1n) is 27.4. The minimum atomic E-state index is -0.864. The van der Waals surface area contributed by atoms with E-state index in [1.165, 1.54) is 86.9 Å². The van der Waals surface area contributed by atoms with E-state index in [9.17, 15) is 4.79 Å². The van der Waals surface area contributed by atoms with Crippen molar-refractivity contribution in [2.75, 3.05) is 46.6 Å². The maximum atomic E-state index is 13.8. The molecule has 0 fully saturated rings. The number of likely N-dealkylation sites (N-methyl/N-ethyl adjacent to an activating group) is 2. The van der Waals surface area contributed by atoms with Crippen molar-refractivity contribution in [2.45, 2.75) is 143 Å². The lowest BCUT2D eigenvalue weighted by Gasteiger charge is -2.37. The molecule has 3 heterocycles. The first-order chi connectivity index (χ1) is 34.9. The average Bonchev–Trinajstić information content (AvgIpc) is 3.74. The molecule has 0 amide bonds. The fourth-order valence-electron chi connectivity index (χ4n) is 11.8. The second-order valence-electron chi connectivity index (χ2n) is 21.8. The standard InChI is InChI=1S/C64H88N7OP/c1-16-18-19-21-26-45(8)69(13)39-44(7)65-37-46(9)70(14)59(34-50-27-22-20-23-28-50)48(11)66-38-61(72)73(15)33-24-25-43(6)67-57-32-31-52-47(10)54(41(3)4)35-58-62(52)63(57)56-40-71-49(12)53-30-29-42(5)51(17-2)55(53)36-60(71)64(56)68-58/h20,22-23,27-28,35-36,41,51,57,59,65-67H,5-9,11-12,16-19,21,24-26,29-34,37-40H2,1-4,10,13-15H3. The maximum absolute atomic E-state index is 13.8. The van der Waals surface area contributed by atoms with Crippen molar-refractivity contribution in [3.05, 3.63) is 179 Å². The summed E-state index contributed by atoms with van der Waals surface area (Å²) < 4.78 is 0. The molecule has 3 aromatic rings. The Morgan fingerprint density at radius 2 is 1.66 bits per heavy atom. The first kappa shape index (κ1) is 55.2. The first-order valence-corrected chi connectivity index (χ1v) is 29.4. The van der Waals surface area contributed by atoms with Crippen LogP contribution < -0.4 is 16.0 Å². The van der Waals surface area contributed by atoms with Crippen molar-refractivity contribution in [3.63, 3.8) is 0 Å². The predicted octanol–water partition coefficient (Wildman–Crippen LogP) is 14.2. The van der Waals surface area contributed by atoms with Gasteiger partial charge in [-0.3, -0.25) is 4.79 Å². The highest BCUT2D eigenvalue weighted by molar-refractivity contribution is 7.74. The van der Waals surface area contributed by atoms with Crippen molar-refractivity contribution < 1.29 is 4.79 Å². The molecule has 2 aliphatic carbocycles. The number of carbonyl (C=O) groups is 1. The van der Waals surface area contributed by atoms with Crippen LogP contribution >= 0.6 is 7.92 Å². The number of carbonyl (C=O) groups excluding carboxylic acids is 1. The molecular formula is C64H88N7OP. The third-order valence-corrected chi connectivity index (χ3v) is 18.3. The van der Waals surface area contributed by atoms with Crippen LogP contribution in [0.4, 0.5) is 0 Å². The highest BCUT2D eigenvalue weighted by atomic mass is 31.1. The largest absolute Gasteiger partial charge is 0.382 e. The second-order valence-corrected chi connectivity index (χ2v) is 24.1. The zero-order valence-electron chi connectivity index (χ0n) is 46.2. The van der Waals surface area contributed by atoms with Gasteiger partial charge in [0.15, 0.2) is 5.52 Å². The van der Waals surface area contributed by atoms with E-state index >= 15 is 0 Å². The van der Waals surface area contributed by atoms with E-state index < -0.39 is 7.92 Å². The molecule has 7 rings (SSSR count). The molecule has 9 heteroatoms. The zero-order chi connectivity index (χ0) is 52.7. The Balaban J connectivity index is 0.966. The van der Waals surface area contributed by atoms with E-state index in [1.807, 2.05) is 6.07 Å². The molecule has 390 valence electrons. The minimum absolute atomic E-state index is 0.107. The summed E-state index contributed by atoms with van der Waals surface area (Å²) in [4.78, 5) is 26.2. The van der Waals surface area contributed by atoms with Crippen molar-refractivity contribution >= 4 is 30.0 Å². The van der Waals surface area contributed by atoms with E-state index in [2.05, 4.69) is 162 Å². The van der Waals surface area contributed by atoms with Gasteiger partial charge in [0.1, 0.15) is 0 Å². The molecule has 8 nitrogen and oxygen atoms in total. The van der Waals surface area contributed by atoms with Crippen LogP contribution in [0.1, 0.15) is 149 Å². The summed E-state index contributed by atoms with van der Waals surface area (Å²) in [5.74, 6) is 0.770. The van der Waals surface area contributed by atoms with Crippen LogP contribution in [0.3, 0.4) is 0 Å². The van der Waals surface area contributed by atoms with Gasteiger partial charge < -0.3 is 30.7 Å². The van der Waals surface area contributed by atoms with E-state index in [-0.39, 0.29) is 24.2 Å². The zero-order valence-corrected chi connectivity index (χ0v) is 47.1. The fraction of sp³-hybridized carbons (Fsp3) is 0.469. The molecule has 0 saturated heterocycles. The summed E-state index contributed by atoms with van der Waals surface area (Å²) in [7, 11) is 3.29. The smallest absolute Gasteiger partial charge is 0.172 e. The van der Waals surface area contributed by atoms with Crippen LogP contribution in [0.2, 0.25) is 0 Å². The van der Waals surface area contributed by atoms with Crippen molar-refractivity contribution in [3.8, 4) is 0 Å². The molecule has 4 unspecified atom stereocenters. The Morgan fingerprint density at radius 3 is 2.37 bits per heavy atom. The van der Waals surface area contributed by atoms with E-state index in [1.54, 1.807) is 0 Å². The van der Waals surface area contributed by atoms with E-state index in [0.717, 1.165) is 116 Å². The second kappa shape index (κ2) is 24.6. The molecule has 0 bridgehead atoms. The number of aromatic nitrogens is 1. The lowest BCUT2D eigenvalue weighted by atomic mass is 9.75. The monoisotopic (exact) mass is 1000 g/mol.